The first-order valence-electron chi connectivity index (χ1n) is 5.71. The van der Waals surface area contributed by atoms with Crippen LogP contribution in [0.2, 0.25) is 0 Å². The van der Waals surface area contributed by atoms with Gasteiger partial charge >= 0.3 is 0 Å². The highest BCUT2D eigenvalue weighted by atomic mass is 16.6. The minimum absolute atomic E-state index is 0.0416. The molecule has 0 bridgehead atoms. The molecule has 0 aliphatic rings. The average Bonchev–Trinajstić information content (AvgIpc) is 2.43. The molecule has 5 heteroatoms. The lowest BCUT2D eigenvalue weighted by molar-refractivity contribution is -0.383. The second kappa shape index (κ2) is 4.20. The van der Waals surface area contributed by atoms with Crippen molar-refractivity contribution in [3.05, 3.63) is 52.6 Å². The summed E-state index contributed by atoms with van der Waals surface area (Å²) in [4.78, 5) is 15.1. The Morgan fingerprint density at radius 3 is 2.68 bits per heavy atom. The van der Waals surface area contributed by atoms with Crippen LogP contribution in [0.4, 0.5) is 5.69 Å². The molecule has 0 N–H and O–H groups in total. The number of ether oxygens (including phenoxy) is 1. The van der Waals surface area contributed by atoms with Crippen LogP contribution in [0.3, 0.4) is 0 Å². The molecule has 0 radical (unpaired) electrons. The van der Waals surface area contributed by atoms with Gasteiger partial charge in [-0.3, -0.25) is 10.1 Å². The van der Waals surface area contributed by atoms with Gasteiger partial charge in [0.2, 0.25) is 0 Å². The maximum absolute atomic E-state index is 11.1. The van der Waals surface area contributed by atoms with Crippen LogP contribution in [0.25, 0.3) is 21.8 Å². The Bertz CT molecular complexity index is 799. The number of non-ortho nitro benzene ring substituents is 1. The van der Waals surface area contributed by atoms with E-state index in [0.29, 0.717) is 16.7 Å². The summed E-state index contributed by atoms with van der Waals surface area (Å²) in [6.45, 7) is 0. The third-order valence-electron chi connectivity index (χ3n) is 3.01. The Hall–Kier alpha value is -2.69. The number of nitrogens with zero attached hydrogens (tertiary/aromatic N) is 2. The highest BCUT2D eigenvalue weighted by molar-refractivity contribution is 5.97. The predicted molar refractivity (Wildman–Crippen MR) is 72.5 cm³/mol. The molecule has 0 saturated heterocycles. The zero-order chi connectivity index (χ0) is 13.4. The summed E-state index contributed by atoms with van der Waals surface area (Å²) in [6.07, 6.45) is 0. The van der Waals surface area contributed by atoms with E-state index in [4.69, 9.17) is 4.74 Å². The van der Waals surface area contributed by atoms with Crippen LogP contribution in [0, 0.1) is 10.1 Å². The highest BCUT2D eigenvalue weighted by Crippen LogP contribution is 2.31. The fourth-order valence-corrected chi connectivity index (χ4v) is 2.10. The van der Waals surface area contributed by atoms with Crippen LogP contribution in [0.5, 0.6) is 5.75 Å². The molecule has 0 amide bonds. The van der Waals surface area contributed by atoms with E-state index in [9.17, 15) is 10.1 Å². The molecule has 19 heavy (non-hydrogen) atoms. The summed E-state index contributed by atoms with van der Waals surface area (Å²) < 4.78 is 5.09. The van der Waals surface area contributed by atoms with Gasteiger partial charge < -0.3 is 4.74 Å². The first-order chi connectivity index (χ1) is 9.19. The number of aromatic nitrogens is 1. The van der Waals surface area contributed by atoms with Crippen molar-refractivity contribution in [3.8, 4) is 5.75 Å². The maximum Gasteiger partial charge on any atom is 0.299 e. The smallest absolute Gasteiger partial charge is 0.299 e. The lowest BCUT2D eigenvalue weighted by Gasteiger charge is -2.05. The van der Waals surface area contributed by atoms with Gasteiger partial charge in [-0.1, -0.05) is 18.2 Å². The molecule has 5 nitrogen and oxygen atoms in total. The average molecular weight is 254 g/mol. The van der Waals surface area contributed by atoms with Gasteiger partial charge in [-0.05, 0) is 18.2 Å². The zero-order valence-electron chi connectivity index (χ0n) is 10.2. The Morgan fingerprint density at radius 2 is 1.95 bits per heavy atom. The first-order valence-corrected chi connectivity index (χ1v) is 5.71. The van der Waals surface area contributed by atoms with E-state index in [0.717, 1.165) is 10.9 Å². The van der Waals surface area contributed by atoms with Gasteiger partial charge in [0, 0.05) is 10.8 Å². The minimum atomic E-state index is -0.438. The molecule has 1 aromatic heterocycles. The van der Waals surface area contributed by atoms with E-state index in [-0.39, 0.29) is 5.69 Å². The number of para-hydroxylation sites is 1. The molecule has 0 fully saturated rings. The molecular weight excluding hydrogens is 244 g/mol. The van der Waals surface area contributed by atoms with Crippen LogP contribution >= 0.6 is 0 Å². The summed E-state index contributed by atoms with van der Waals surface area (Å²) in [6, 6.07) is 12.6. The number of benzene rings is 2. The molecule has 0 spiro atoms. The van der Waals surface area contributed by atoms with Crippen molar-refractivity contribution in [3.63, 3.8) is 0 Å². The van der Waals surface area contributed by atoms with Crippen molar-refractivity contribution in [2.24, 2.45) is 0 Å². The van der Waals surface area contributed by atoms with Crippen molar-refractivity contribution in [2.75, 3.05) is 7.11 Å². The predicted octanol–water partition coefficient (Wildman–Crippen LogP) is 3.30. The summed E-state index contributed by atoms with van der Waals surface area (Å²) in [5.74, 6) is 0.455. The van der Waals surface area contributed by atoms with E-state index in [2.05, 4.69) is 4.98 Å². The van der Waals surface area contributed by atoms with E-state index >= 15 is 0 Å². The largest absolute Gasteiger partial charge is 0.496 e. The number of rotatable bonds is 2. The Kier molecular flexibility index (Phi) is 2.52. The lowest BCUT2D eigenvalue weighted by Crippen LogP contribution is -1.94. The topological polar surface area (TPSA) is 65.3 Å². The monoisotopic (exact) mass is 254 g/mol. The SMILES string of the molecule is COc1cc([N+](=O)[O-])c2nc3ccccc3cc2c1. The first kappa shape index (κ1) is 11.4. The quantitative estimate of drug-likeness (QED) is 0.400. The molecular formula is C14H10N2O3. The number of hydrogen-bond acceptors (Lipinski definition) is 4. The fourth-order valence-electron chi connectivity index (χ4n) is 2.10. The van der Waals surface area contributed by atoms with Gasteiger partial charge in [0.25, 0.3) is 5.69 Å². The maximum atomic E-state index is 11.1. The third kappa shape index (κ3) is 1.85. The Morgan fingerprint density at radius 1 is 1.16 bits per heavy atom. The number of fused-ring (bicyclic) bond motifs is 2. The minimum Gasteiger partial charge on any atom is -0.496 e. The van der Waals surface area contributed by atoms with Gasteiger partial charge in [-0.15, -0.1) is 0 Å². The highest BCUT2D eigenvalue weighted by Gasteiger charge is 2.16. The van der Waals surface area contributed by atoms with Crippen molar-refractivity contribution >= 4 is 27.5 Å². The molecule has 0 unspecified atom stereocenters. The zero-order valence-corrected chi connectivity index (χ0v) is 10.2. The van der Waals surface area contributed by atoms with Crippen LogP contribution in [0.15, 0.2) is 42.5 Å². The van der Waals surface area contributed by atoms with Crippen molar-refractivity contribution in [1.29, 1.82) is 0 Å². The van der Waals surface area contributed by atoms with Gasteiger partial charge in [-0.2, -0.15) is 0 Å². The summed E-state index contributed by atoms with van der Waals surface area (Å²) in [7, 11) is 1.49. The van der Waals surface area contributed by atoms with E-state index in [1.54, 1.807) is 6.07 Å². The normalized spacial score (nSPS) is 10.8. The molecule has 3 rings (SSSR count). The summed E-state index contributed by atoms with van der Waals surface area (Å²) in [5, 5.41) is 12.8. The molecule has 3 aromatic rings. The molecule has 1 heterocycles. The van der Waals surface area contributed by atoms with Crippen LogP contribution in [-0.2, 0) is 0 Å². The standard InChI is InChI=1S/C14H10N2O3/c1-19-11-7-10-6-9-4-2-3-5-12(9)15-14(10)13(8-11)16(17)18/h2-8H,1H3. The molecule has 0 atom stereocenters. The number of nitro benzene ring substituents is 1. The van der Waals surface area contributed by atoms with Crippen molar-refractivity contribution in [2.45, 2.75) is 0 Å². The van der Waals surface area contributed by atoms with E-state index in [1.165, 1.54) is 13.2 Å². The number of hydrogen-bond donors (Lipinski definition) is 0. The van der Waals surface area contributed by atoms with Gasteiger partial charge in [0.15, 0.2) is 0 Å². The van der Waals surface area contributed by atoms with Gasteiger partial charge in [0.1, 0.15) is 11.3 Å². The fraction of sp³-hybridized carbons (Fsp3) is 0.0714. The molecule has 0 aliphatic carbocycles. The second-order valence-corrected chi connectivity index (χ2v) is 4.16. The summed E-state index contributed by atoms with van der Waals surface area (Å²) in [5.41, 5.74) is 1.08. The Labute approximate surface area is 108 Å². The van der Waals surface area contributed by atoms with E-state index < -0.39 is 4.92 Å². The number of pyridine rings is 1. The van der Waals surface area contributed by atoms with Crippen LogP contribution < -0.4 is 4.74 Å². The third-order valence-corrected chi connectivity index (χ3v) is 3.01. The summed E-state index contributed by atoms with van der Waals surface area (Å²) >= 11 is 0. The van der Waals surface area contributed by atoms with Crippen molar-refractivity contribution in [1.82, 2.24) is 4.98 Å². The molecule has 2 aromatic carbocycles. The van der Waals surface area contributed by atoms with E-state index in [1.807, 2.05) is 30.3 Å². The number of nitro groups is 1. The van der Waals surface area contributed by atoms with Crippen molar-refractivity contribution < 1.29 is 9.66 Å². The Balaban J connectivity index is 2.45. The van der Waals surface area contributed by atoms with Crippen LogP contribution in [-0.4, -0.2) is 17.0 Å². The van der Waals surface area contributed by atoms with Gasteiger partial charge in [-0.25, -0.2) is 4.98 Å². The molecule has 94 valence electrons. The second-order valence-electron chi connectivity index (χ2n) is 4.16. The lowest BCUT2D eigenvalue weighted by atomic mass is 10.1. The molecule has 0 saturated carbocycles. The van der Waals surface area contributed by atoms with Crippen LogP contribution in [0.1, 0.15) is 0 Å². The number of methoxy groups -OCH3 is 1. The molecule has 0 aliphatic heterocycles. The van der Waals surface area contributed by atoms with Gasteiger partial charge in [0.05, 0.1) is 23.6 Å².